The van der Waals surface area contributed by atoms with Gasteiger partial charge < -0.3 is 10.2 Å². The first-order valence-corrected chi connectivity index (χ1v) is 9.76. The van der Waals surface area contributed by atoms with Crippen LogP contribution in [0.15, 0.2) is 42.9 Å². The fourth-order valence-electron chi connectivity index (χ4n) is 3.41. The molecule has 1 aliphatic rings. The Bertz CT molecular complexity index is 821. The molecule has 0 radical (unpaired) electrons. The highest BCUT2D eigenvalue weighted by Gasteiger charge is 2.25. The first-order valence-electron chi connectivity index (χ1n) is 9.76. The van der Waals surface area contributed by atoms with Gasteiger partial charge in [-0.1, -0.05) is 26.0 Å². The maximum atomic E-state index is 13.2. The average molecular weight is 399 g/mol. The Morgan fingerprint density at radius 2 is 1.79 bits per heavy atom. The van der Waals surface area contributed by atoms with Crippen LogP contribution in [-0.4, -0.2) is 64.3 Å². The first-order chi connectivity index (χ1) is 13.9. The summed E-state index contributed by atoms with van der Waals surface area (Å²) in [6.45, 7) is 6.60. The van der Waals surface area contributed by atoms with Gasteiger partial charge in [0.15, 0.2) is 0 Å². The molecule has 3 rings (SSSR count). The second-order valence-corrected chi connectivity index (χ2v) is 7.50. The van der Waals surface area contributed by atoms with Crippen molar-refractivity contribution in [3.63, 3.8) is 0 Å². The number of amides is 2. The molecule has 2 aromatic rings. The molecule has 2 amide bonds. The molecule has 2 heterocycles. The lowest BCUT2D eigenvalue weighted by molar-refractivity contribution is -0.123. The fraction of sp³-hybridized carbons (Fsp3) is 0.429. The Morgan fingerprint density at radius 3 is 2.38 bits per heavy atom. The zero-order chi connectivity index (χ0) is 20.8. The molecule has 1 aromatic heterocycles. The smallest absolute Gasteiger partial charge is 0.274 e. The molecule has 1 N–H and O–H groups in total. The van der Waals surface area contributed by atoms with E-state index in [-0.39, 0.29) is 36.1 Å². The van der Waals surface area contributed by atoms with Crippen LogP contribution in [-0.2, 0) is 4.79 Å². The lowest BCUT2D eigenvalue weighted by Gasteiger charge is -2.34. The van der Waals surface area contributed by atoms with Crippen LogP contribution in [0.5, 0.6) is 0 Å². The summed E-state index contributed by atoms with van der Waals surface area (Å²) in [7, 11) is 0. The summed E-state index contributed by atoms with van der Waals surface area (Å²) >= 11 is 0. The summed E-state index contributed by atoms with van der Waals surface area (Å²) in [6, 6.07) is 6.05. The SMILES string of the molecule is CC(C)C(NC(=O)CN1CCN(C(=O)c2cnccn2)CC1)c1ccc(F)cc1. The first kappa shape index (κ1) is 20.9. The third-order valence-electron chi connectivity index (χ3n) is 5.02. The number of hydrogen-bond donors (Lipinski definition) is 1. The van der Waals surface area contributed by atoms with E-state index in [0.717, 1.165) is 5.56 Å². The third-order valence-corrected chi connectivity index (χ3v) is 5.02. The predicted octanol–water partition coefficient (Wildman–Crippen LogP) is 1.89. The predicted molar refractivity (Wildman–Crippen MR) is 106 cm³/mol. The van der Waals surface area contributed by atoms with Gasteiger partial charge >= 0.3 is 0 Å². The molecule has 1 unspecified atom stereocenters. The average Bonchev–Trinajstić information content (AvgIpc) is 2.73. The number of rotatable bonds is 6. The molecule has 154 valence electrons. The van der Waals surface area contributed by atoms with Gasteiger partial charge in [0, 0.05) is 38.6 Å². The van der Waals surface area contributed by atoms with E-state index in [1.54, 1.807) is 17.0 Å². The van der Waals surface area contributed by atoms with Crippen LogP contribution >= 0.6 is 0 Å². The van der Waals surface area contributed by atoms with E-state index in [2.05, 4.69) is 15.3 Å². The highest BCUT2D eigenvalue weighted by Crippen LogP contribution is 2.22. The molecule has 1 atom stereocenters. The van der Waals surface area contributed by atoms with Gasteiger partial charge in [-0.25, -0.2) is 9.37 Å². The van der Waals surface area contributed by atoms with Crippen molar-refractivity contribution >= 4 is 11.8 Å². The number of benzene rings is 1. The molecule has 0 spiro atoms. The number of aromatic nitrogens is 2. The molecule has 0 bridgehead atoms. The number of carbonyl (C=O) groups excluding carboxylic acids is 2. The molecule has 1 saturated heterocycles. The number of halogens is 1. The molecular weight excluding hydrogens is 373 g/mol. The van der Waals surface area contributed by atoms with E-state index in [9.17, 15) is 14.0 Å². The molecule has 1 aromatic carbocycles. The maximum Gasteiger partial charge on any atom is 0.274 e. The minimum absolute atomic E-state index is 0.0817. The highest BCUT2D eigenvalue weighted by atomic mass is 19.1. The Labute approximate surface area is 169 Å². The number of piperazine rings is 1. The zero-order valence-electron chi connectivity index (χ0n) is 16.7. The highest BCUT2D eigenvalue weighted by molar-refractivity contribution is 5.92. The van der Waals surface area contributed by atoms with E-state index in [0.29, 0.717) is 31.9 Å². The monoisotopic (exact) mass is 399 g/mol. The summed E-state index contributed by atoms with van der Waals surface area (Å²) in [4.78, 5) is 36.7. The van der Waals surface area contributed by atoms with Crippen molar-refractivity contribution < 1.29 is 14.0 Å². The zero-order valence-corrected chi connectivity index (χ0v) is 16.7. The molecule has 0 saturated carbocycles. The van der Waals surface area contributed by atoms with Crippen molar-refractivity contribution in [3.8, 4) is 0 Å². The Hall–Kier alpha value is -2.87. The number of nitrogens with zero attached hydrogens (tertiary/aromatic N) is 4. The van der Waals surface area contributed by atoms with Crippen molar-refractivity contribution in [2.75, 3.05) is 32.7 Å². The summed E-state index contributed by atoms with van der Waals surface area (Å²) in [5.74, 6) is -0.345. The van der Waals surface area contributed by atoms with Gasteiger partial charge in [-0.2, -0.15) is 0 Å². The van der Waals surface area contributed by atoms with Gasteiger partial charge in [0.2, 0.25) is 5.91 Å². The van der Waals surface area contributed by atoms with Crippen LogP contribution in [0.1, 0.15) is 35.9 Å². The largest absolute Gasteiger partial charge is 0.348 e. The minimum Gasteiger partial charge on any atom is -0.348 e. The van der Waals surface area contributed by atoms with Gasteiger partial charge in [-0.3, -0.25) is 19.5 Å². The third kappa shape index (κ3) is 5.57. The molecule has 7 nitrogen and oxygen atoms in total. The van der Waals surface area contributed by atoms with Crippen molar-refractivity contribution in [1.82, 2.24) is 25.1 Å². The topological polar surface area (TPSA) is 78.4 Å². The standard InChI is InChI=1S/C21H26FN5O2/c1-15(2)20(16-3-5-17(22)6-4-16)25-19(28)14-26-9-11-27(12-10-26)21(29)18-13-23-7-8-24-18/h3-8,13,15,20H,9-12,14H2,1-2H3,(H,25,28). The van der Waals surface area contributed by atoms with E-state index in [4.69, 9.17) is 0 Å². The molecule has 8 heteroatoms. The van der Waals surface area contributed by atoms with Crippen LogP contribution in [0, 0.1) is 11.7 Å². The second kappa shape index (κ2) is 9.56. The summed E-state index contributed by atoms with van der Waals surface area (Å²) < 4.78 is 13.2. The van der Waals surface area contributed by atoms with Crippen LogP contribution < -0.4 is 5.32 Å². The van der Waals surface area contributed by atoms with E-state index < -0.39 is 0 Å². The Balaban J connectivity index is 1.51. The van der Waals surface area contributed by atoms with E-state index in [1.165, 1.54) is 30.7 Å². The van der Waals surface area contributed by atoms with Crippen molar-refractivity contribution in [2.45, 2.75) is 19.9 Å². The fourth-order valence-corrected chi connectivity index (χ4v) is 3.41. The van der Waals surface area contributed by atoms with Gasteiger partial charge in [0.1, 0.15) is 11.5 Å². The summed E-state index contributed by atoms with van der Waals surface area (Å²) in [5, 5.41) is 3.06. The molecular formula is C21H26FN5O2. The quantitative estimate of drug-likeness (QED) is 0.803. The van der Waals surface area contributed by atoms with Crippen molar-refractivity contribution in [1.29, 1.82) is 0 Å². The van der Waals surface area contributed by atoms with Crippen LogP contribution in [0.25, 0.3) is 0 Å². The van der Waals surface area contributed by atoms with Crippen LogP contribution in [0.3, 0.4) is 0 Å². The van der Waals surface area contributed by atoms with E-state index >= 15 is 0 Å². The van der Waals surface area contributed by atoms with Crippen LogP contribution in [0.4, 0.5) is 4.39 Å². The van der Waals surface area contributed by atoms with Crippen LogP contribution in [0.2, 0.25) is 0 Å². The number of hydrogen-bond acceptors (Lipinski definition) is 5. The molecule has 0 aliphatic carbocycles. The van der Waals surface area contributed by atoms with Gasteiger partial charge in [0.05, 0.1) is 18.8 Å². The molecule has 29 heavy (non-hydrogen) atoms. The lowest BCUT2D eigenvalue weighted by Crippen LogP contribution is -2.51. The summed E-state index contributed by atoms with van der Waals surface area (Å²) in [5.41, 5.74) is 1.21. The van der Waals surface area contributed by atoms with Gasteiger partial charge in [-0.05, 0) is 23.6 Å². The van der Waals surface area contributed by atoms with Crippen molar-refractivity contribution in [2.24, 2.45) is 5.92 Å². The van der Waals surface area contributed by atoms with Crippen molar-refractivity contribution in [3.05, 3.63) is 59.9 Å². The molecule has 1 fully saturated rings. The Kier molecular flexibility index (Phi) is 6.87. The lowest BCUT2D eigenvalue weighted by atomic mass is 9.96. The maximum absolute atomic E-state index is 13.2. The number of nitrogens with one attached hydrogen (secondary N) is 1. The Morgan fingerprint density at radius 1 is 1.10 bits per heavy atom. The molecule has 1 aliphatic heterocycles. The second-order valence-electron chi connectivity index (χ2n) is 7.50. The van der Waals surface area contributed by atoms with E-state index in [1.807, 2.05) is 18.7 Å². The van der Waals surface area contributed by atoms with Gasteiger partial charge in [0.25, 0.3) is 5.91 Å². The van der Waals surface area contributed by atoms with Gasteiger partial charge in [-0.15, -0.1) is 0 Å². The normalized spacial score (nSPS) is 15.9. The summed E-state index contributed by atoms with van der Waals surface area (Å²) in [6.07, 6.45) is 4.49. The minimum atomic E-state index is -0.295. The number of carbonyl (C=O) groups is 2.